The summed E-state index contributed by atoms with van der Waals surface area (Å²) >= 11 is 0. The van der Waals surface area contributed by atoms with Crippen molar-refractivity contribution in [2.75, 3.05) is 6.61 Å². The van der Waals surface area contributed by atoms with Crippen LogP contribution in [0.1, 0.15) is 36.8 Å². The van der Waals surface area contributed by atoms with Gasteiger partial charge in [-0.05, 0) is 67.7 Å². The zero-order valence-electron chi connectivity index (χ0n) is 12.5. The molecule has 5 nitrogen and oxygen atoms in total. The zero-order chi connectivity index (χ0) is 15.5. The predicted octanol–water partition coefficient (Wildman–Crippen LogP) is 1.92. The molecule has 0 heterocycles. The number of nitrogens with one attached hydrogen (secondary N) is 1. The molecule has 1 amide bonds. The van der Waals surface area contributed by atoms with Crippen molar-refractivity contribution in [3.05, 3.63) is 29.3 Å². The van der Waals surface area contributed by atoms with Gasteiger partial charge in [0.25, 0.3) is 5.91 Å². The molecule has 0 radical (unpaired) electrons. The number of rotatable bonds is 6. The van der Waals surface area contributed by atoms with Gasteiger partial charge in [-0.15, -0.1) is 0 Å². The SMILES string of the molecule is O=C(COc1ccc2c(c1)CCCC2)NC(C(=O)O)C1CC1. The summed E-state index contributed by atoms with van der Waals surface area (Å²) in [5.41, 5.74) is 2.66. The fourth-order valence-electron chi connectivity index (χ4n) is 2.97. The van der Waals surface area contributed by atoms with Crippen LogP contribution >= 0.6 is 0 Å². The number of carboxylic acid groups (broad SMARTS) is 1. The number of hydrogen-bond acceptors (Lipinski definition) is 3. The summed E-state index contributed by atoms with van der Waals surface area (Å²) in [6.07, 6.45) is 6.32. The minimum absolute atomic E-state index is 0.0743. The van der Waals surface area contributed by atoms with E-state index in [-0.39, 0.29) is 18.4 Å². The first-order valence-electron chi connectivity index (χ1n) is 7.90. The maximum Gasteiger partial charge on any atom is 0.326 e. The van der Waals surface area contributed by atoms with Gasteiger partial charge >= 0.3 is 5.97 Å². The molecular formula is C17H21NO4. The molecule has 0 aromatic heterocycles. The molecule has 1 atom stereocenters. The van der Waals surface area contributed by atoms with E-state index >= 15 is 0 Å². The fraction of sp³-hybridized carbons (Fsp3) is 0.529. The summed E-state index contributed by atoms with van der Waals surface area (Å²) in [4.78, 5) is 22.9. The molecule has 0 bridgehead atoms. The van der Waals surface area contributed by atoms with Crippen LogP contribution < -0.4 is 10.1 Å². The molecule has 1 aromatic carbocycles. The highest BCUT2D eigenvalue weighted by molar-refractivity contribution is 5.84. The molecule has 1 unspecified atom stereocenters. The van der Waals surface area contributed by atoms with E-state index in [9.17, 15) is 9.59 Å². The number of ether oxygens (including phenoxy) is 1. The van der Waals surface area contributed by atoms with Crippen molar-refractivity contribution in [3.8, 4) is 5.75 Å². The first-order chi connectivity index (χ1) is 10.6. The maximum atomic E-state index is 11.9. The second-order valence-corrected chi connectivity index (χ2v) is 6.15. The molecule has 2 aliphatic rings. The van der Waals surface area contributed by atoms with Gasteiger partial charge in [0, 0.05) is 0 Å². The summed E-state index contributed by atoms with van der Waals surface area (Å²) in [5.74, 6) is -0.596. The number of fused-ring (bicyclic) bond motifs is 1. The van der Waals surface area contributed by atoms with Crippen LogP contribution in [-0.2, 0) is 22.4 Å². The van der Waals surface area contributed by atoms with Crippen molar-refractivity contribution in [1.82, 2.24) is 5.32 Å². The average molecular weight is 303 g/mol. The number of benzene rings is 1. The Morgan fingerprint density at radius 2 is 1.95 bits per heavy atom. The van der Waals surface area contributed by atoms with Gasteiger partial charge in [0.1, 0.15) is 11.8 Å². The van der Waals surface area contributed by atoms with Crippen molar-refractivity contribution in [2.45, 2.75) is 44.6 Å². The molecule has 0 spiro atoms. The Kier molecular flexibility index (Phi) is 4.32. The lowest BCUT2D eigenvalue weighted by Gasteiger charge is -2.17. The molecule has 1 aromatic rings. The van der Waals surface area contributed by atoms with Crippen molar-refractivity contribution in [1.29, 1.82) is 0 Å². The second-order valence-electron chi connectivity index (χ2n) is 6.15. The maximum absolute atomic E-state index is 11.9. The topological polar surface area (TPSA) is 75.6 Å². The molecule has 0 saturated heterocycles. The molecule has 118 valence electrons. The van der Waals surface area contributed by atoms with E-state index < -0.39 is 12.0 Å². The van der Waals surface area contributed by atoms with Crippen LogP contribution in [0.4, 0.5) is 0 Å². The lowest BCUT2D eigenvalue weighted by molar-refractivity contribution is -0.142. The van der Waals surface area contributed by atoms with Gasteiger partial charge in [0.05, 0.1) is 0 Å². The minimum Gasteiger partial charge on any atom is -0.484 e. The fourth-order valence-corrected chi connectivity index (χ4v) is 2.97. The molecule has 2 N–H and O–H groups in total. The number of aliphatic carboxylic acids is 1. The molecular weight excluding hydrogens is 282 g/mol. The van der Waals surface area contributed by atoms with E-state index in [0.717, 1.165) is 25.7 Å². The highest BCUT2D eigenvalue weighted by Crippen LogP contribution is 2.32. The largest absolute Gasteiger partial charge is 0.484 e. The number of aryl methyl sites for hydroxylation is 2. The molecule has 2 aliphatic carbocycles. The standard InChI is InChI=1S/C17H21NO4/c19-15(18-16(17(20)21)12-5-6-12)10-22-14-8-7-11-3-1-2-4-13(11)9-14/h7-9,12,16H,1-6,10H2,(H,18,19)(H,20,21). The highest BCUT2D eigenvalue weighted by Gasteiger charge is 2.37. The van der Waals surface area contributed by atoms with Crippen molar-refractivity contribution < 1.29 is 19.4 Å². The Balaban J connectivity index is 1.53. The third-order valence-electron chi connectivity index (χ3n) is 4.37. The van der Waals surface area contributed by atoms with Gasteiger partial charge < -0.3 is 15.2 Å². The zero-order valence-corrected chi connectivity index (χ0v) is 12.5. The lowest BCUT2D eigenvalue weighted by Crippen LogP contribution is -2.44. The van der Waals surface area contributed by atoms with Gasteiger partial charge in [0.2, 0.25) is 0 Å². The van der Waals surface area contributed by atoms with E-state index in [1.165, 1.54) is 24.0 Å². The number of carbonyl (C=O) groups is 2. The Labute approximate surface area is 129 Å². The Morgan fingerprint density at radius 3 is 2.64 bits per heavy atom. The minimum atomic E-state index is -0.968. The van der Waals surface area contributed by atoms with Crippen LogP contribution in [0.2, 0.25) is 0 Å². The van der Waals surface area contributed by atoms with Crippen molar-refractivity contribution in [3.63, 3.8) is 0 Å². The van der Waals surface area contributed by atoms with E-state index in [0.29, 0.717) is 5.75 Å². The summed E-state index contributed by atoms with van der Waals surface area (Å²) in [7, 11) is 0. The summed E-state index contributed by atoms with van der Waals surface area (Å²) in [6.45, 7) is -0.144. The molecule has 1 saturated carbocycles. The van der Waals surface area contributed by atoms with E-state index in [4.69, 9.17) is 9.84 Å². The van der Waals surface area contributed by atoms with Gasteiger partial charge in [-0.3, -0.25) is 4.79 Å². The van der Waals surface area contributed by atoms with Crippen molar-refractivity contribution >= 4 is 11.9 Å². The summed E-state index contributed by atoms with van der Waals surface area (Å²) in [5, 5.41) is 11.6. The van der Waals surface area contributed by atoms with Crippen LogP contribution in [0.25, 0.3) is 0 Å². The summed E-state index contributed by atoms with van der Waals surface area (Å²) < 4.78 is 5.51. The van der Waals surface area contributed by atoms with Crippen LogP contribution in [0.3, 0.4) is 0 Å². The van der Waals surface area contributed by atoms with E-state index in [1.54, 1.807) is 0 Å². The highest BCUT2D eigenvalue weighted by atomic mass is 16.5. The first kappa shape index (κ1) is 14.9. The molecule has 22 heavy (non-hydrogen) atoms. The van der Waals surface area contributed by atoms with E-state index in [2.05, 4.69) is 11.4 Å². The first-order valence-corrected chi connectivity index (χ1v) is 7.90. The van der Waals surface area contributed by atoms with Crippen LogP contribution in [0.15, 0.2) is 18.2 Å². The van der Waals surface area contributed by atoms with E-state index in [1.807, 2.05) is 12.1 Å². The number of hydrogen-bond donors (Lipinski definition) is 2. The van der Waals surface area contributed by atoms with Gasteiger partial charge in [-0.2, -0.15) is 0 Å². The van der Waals surface area contributed by atoms with Crippen LogP contribution in [0, 0.1) is 5.92 Å². The second kappa shape index (κ2) is 6.38. The third-order valence-corrected chi connectivity index (χ3v) is 4.37. The van der Waals surface area contributed by atoms with Crippen LogP contribution in [0.5, 0.6) is 5.75 Å². The molecule has 3 rings (SSSR count). The Hall–Kier alpha value is -2.04. The summed E-state index contributed by atoms with van der Waals surface area (Å²) in [6, 6.07) is 5.16. The predicted molar refractivity (Wildman–Crippen MR) is 80.9 cm³/mol. The smallest absolute Gasteiger partial charge is 0.326 e. The lowest BCUT2D eigenvalue weighted by atomic mass is 9.92. The normalized spacial score (nSPS) is 18.2. The number of carboxylic acids is 1. The monoisotopic (exact) mass is 303 g/mol. The van der Waals surface area contributed by atoms with Crippen molar-refractivity contribution in [2.24, 2.45) is 5.92 Å². The average Bonchev–Trinajstić information content (AvgIpc) is 3.34. The Morgan fingerprint density at radius 1 is 1.23 bits per heavy atom. The third kappa shape index (κ3) is 3.59. The van der Waals surface area contributed by atoms with Gasteiger partial charge in [-0.25, -0.2) is 4.79 Å². The number of amides is 1. The van der Waals surface area contributed by atoms with Gasteiger partial charge in [-0.1, -0.05) is 6.07 Å². The van der Waals surface area contributed by atoms with Crippen LogP contribution in [-0.4, -0.2) is 29.6 Å². The molecule has 0 aliphatic heterocycles. The Bertz CT molecular complexity index is 580. The number of carbonyl (C=O) groups excluding carboxylic acids is 1. The van der Waals surface area contributed by atoms with Gasteiger partial charge in [0.15, 0.2) is 6.61 Å². The molecule has 1 fully saturated rings. The quantitative estimate of drug-likeness (QED) is 0.842. The molecule has 5 heteroatoms.